The van der Waals surface area contributed by atoms with Gasteiger partial charge in [0, 0.05) is 18.8 Å². The van der Waals surface area contributed by atoms with Gasteiger partial charge in [0.05, 0.1) is 0 Å². The Labute approximate surface area is 91.6 Å². The maximum absolute atomic E-state index is 11.9. The van der Waals surface area contributed by atoms with E-state index < -0.39 is 0 Å². The Hall–Kier alpha value is -0.770. The summed E-state index contributed by atoms with van der Waals surface area (Å²) in [5.74, 6) is 7.05. The van der Waals surface area contributed by atoms with Gasteiger partial charge in [0.1, 0.15) is 5.78 Å². The lowest BCUT2D eigenvalue weighted by Gasteiger charge is -2.06. The van der Waals surface area contributed by atoms with Gasteiger partial charge in [0.25, 0.3) is 0 Å². The summed E-state index contributed by atoms with van der Waals surface area (Å²) in [7, 11) is 0. The minimum absolute atomic E-state index is 0.467. The van der Waals surface area contributed by atoms with E-state index in [4.69, 9.17) is 6.42 Å². The lowest BCUT2D eigenvalue weighted by molar-refractivity contribution is -0.121. The van der Waals surface area contributed by atoms with Crippen LogP contribution in [-0.4, -0.2) is 5.78 Å². The molecule has 3 rings (SSSR count). The van der Waals surface area contributed by atoms with Crippen LogP contribution < -0.4 is 0 Å². The summed E-state index contributed by atoms with van der Waals surface area (Å²) in [6, 6.07) is 0. The number of rotatable bonds is 4. The Balaban J connectivity index is 1.54. The first-order chi connectivity index (χ1) is 7.33. The normalized spacial score (nSPS) is 44.9. The summed E-state index contributed by atoms with van der Waals surface area (Å²) in [5, 5.41) is 0. The second-order valence-electron chi connectivity index (χ2n) is 5.54. The van der Waals surface area contributed by atoms with Gasteiger partial charge in [-0.25, -0.2) is 0 Å². The molecule has 1 nitrogen and oxygen atoms in total. The standard InChI is InChI=1S/C14H18O/c1-2-3-4-5-11(15)14-12-9-6-7-10(8-9)13(12)14/h1,9-10,12-14H,3-8H2. The molecule has 0 heterocycles. The summed E-state index contributed by atoms with van der Waals surface area (Å²) >= 11 is 0. The fraction of sp³-hybridized carbons (Fsp3) is 0.786. The van der Waals surface area contributed by atoms with E-state index in [-0.39, 0.29) is 0 Å². The fourth-order valence-electron chi connectivity index (χ4n) is 4.29. The van der Waals surface area contributed by atoms with Crippen molar-refractivity contribution in [2.45, 2.75) is 38.5 Å². The topological polar surface area (TPSA) is 17.1 Å². The number of carbonyl (C=O) groups excluding carboxylic acids is 1. The molecule has 3 aliphatic rings. The van der Waals surface area contributed by atoms with Gasteiger partial charge in [-0.1, -0.05) is 0 Å². The van der Waals surface area contributed by atoms with Crippen LogP contribution in [0.3, 0.4) is 0 Å². The third-order valence-electron chi connectivity index (χ3n) is 4.85. The number of unbranched alkanes of at least 4 members (excludes halogenated alkanes) is 1. The number of ketones is 1. The zero-order valence-electron chi connectivity index (χ0n) is 9.11. The fourth-order valence-corrected chi connectivity index (χ4v) is 4.29. The first-order valence-corrected chi connectivity index (χ1v) is 6.29. The quantitative estimate of drug-likeness (QED) is 0.506. The molecule has 80 valence electrons. The van der Waals surface area contributed by atoms with E-state index in [1.165, 1.54) is 19.3 Å². The number of hydrogen-bond donors (Lipinski definition) is 0. The highest BCUT2D eigenvalue weighted by molar-refractivity contribution is 5.84. The molecule has 3 fully saturated rings. The highest BCUT2D eigenvalue weighted by Gasteiger charge is 2.66. The van der Waals surface area contributed by atoms with E-state index in [9.17, 15) is 4.79 Å². The summed E-state index contributed by atoms with van der Waals surface area (Å²) in [6.07, 6.45) is 11.8. The van der Waals surface area contributed by atoms with Crippen LogP contribution in [0.15, 0.2) is 0 Å². The van der Waals surface area contributed by atoms with Gasteiger partial charge in [-0.05, 0) is 49.4 Å². The van der Waals surface area contributed by atoms with Gasteiger partial charge in [-0.2, -0.15) is 0 Å². The predicted molar refractivity (Wildman–Crippen MR) is 59.0 cm³/mol. The smallest absolute Gasteiger partial charge is 0.136 e. The van der Waals surface area contributed by atoms with Crippen LogP contribution >= 0.6 is 0 Å². The van der Waals surface area contributed by atoms with Crippen LogP contribution in [-0.2, 0) is 4.79 Å². The van der Waals surface area contributed by atoms with Gasteiger partial charge in [0.15, 0.2) is 0 Å². The molecule has 15 heavy (non-hydrogen) atoms. The summed E-state index contributed by atoms with van der Waals surface area (Å²) < 4.78 is 0. The summed E-state index contributed by atoms with van der Waals surface area (Å²) in [4.78, 5) is 11.9. The molecule has 0 saturated heterocycles. The second-order valence-corrected chi connectivity index (χ2v) is 5.54. The predicted octanol–water partition coefficient (Wildman–Crippen LogP) is 2.65. The second kappa shape index (κ2) is 3.37. The molecule has 0 N–H and O–H groups in total. The van der Waals surface area contributed by atoms with E-state index in [1.807, 2.05) is 0 Å². The molecule has 4 unspecified atom stereocenters. The molecule has 0 radical (unpaired) electrons. The maximum atomic E-state index is 11.9. The summed E-state index contributed by atoms with van der Waals surface area (Å²) in [6.45, 7) is 0. The zero-order chi connectivity index (χ0) is 10.4. The Kier molecular flexibility index (Phi) is 2.12. The van der Waals surface area contributed by atoms with E-state index in [2.05, 4.69) is 5.92 Å². The van der Waals surface area contributed by atoms with Gasteiger partial charge in [-0.15, -0.1) is 12.3 Å². The van der Waals surface area contributed by atoms with Crippen LogP contribution in [0.4, 0.5) is 0 Å². The molecule has 2 bridgehead atoms. The molecule has 0 aromatic rings. The Morgan fingerprint density at radius 2 is 1.93 bits per heavy atom. The molecule has 0 spiro atoms. The Morgan fingerprint density at radius 3 is 2.53 bits per heavy atom. The third kappa shape index (κ3) is 1.34. The van der Waals surface area contributed by atoms with Crippen LogP contribution in [0, 0.1) is 41.9 Å². The van der Waals surface area contributed by atoms with Gasteiger partial charge in [-0.3, -0.25) is 4.79 Å². The van der Waals surface area contributed by atoms with Crippen molar-refractivity contribution in [3.63, 3.8) is 0 Å². The van der Waals surface area contributed by atoms with Crippen molar-refractivity contribution in [3.8, 4) is 12.3 Å². The molecule has 0 aliphatic heterocycles. The molecule has 3 saturated carbocycles. The lowest BCUT2D eigenvalue weighted by atomic mass is 9.97. The molecule has 0 aromatic heterocycles. The number of fused-ring (bicyclic) bond motifs is 5. The van der Waals surface area contributed by atoms with Crippen molar-refractivity contribution in [1.29, 1.82) is 0 Å². The number of hydrogen-bond acceptors (Lipinski definition) is 1. The van der Waals surface area contributed by atoms with Crippen LogP contribution in [0.25, 0.3) is 0 Å². The third-order valence-corrected chi connectivity index (χ3v) is 4.85. The average Bonchev–Trinajstić information content (AvgIpc) is 2.68. The highest BCUT2D eigenvalue weighted by Crippen LogP contribution is 2.69. The van der Waals surface area contributed by atoms with Crippen LogP contribution in [0.1, 0.15) is 38.5 Å². The minimum atomic E-state index is 0.467. The van der Waals surface area contributed by atoms with Crippen LogP contribution in [0.5, 0.6) is 0 Å². The van der Waals surface area contributed by atoms with E-state index in [0.29, 0.717) is 11.7 Å². The molecular weight excluding hydrogens is 184 g/mol. The molecule has 1 heteroatoms. The van der Waals surface area contributed by atoms with Crippen molar-refractivity contribution in [2.24, 2.45) is 29.6 Å². The summed E-state index contributed by atoms with van der Waals surface area (Å²) in [5.41, 5.74) is 0. The van der Waals surface area contributed by atoms with E-state index in [1.54, 1.807) is 0 Å². The largest absolute Gasteiger partial charge is 0.299 e. The molecule has 0 amide bonds. The van der Waals surface area contributed by atoms with Crippen LogP contribution in [0.2, 0.25) is 0 Å². The van der Waals surface area contributed by atoms with Crippen molar-refractivity contribution in [1.82, 2.24) is 0 Å². The first kappa shape index (κ1) is 9.46. The number of carbonyl (C=O) groups is 1. The van der Waals surface area contributed by atoms with Crippen molar-refractivity contribution in [2.75, 3.05) is 0 Å². The Bertz CT molecular complexity index is 309. The number of terminal acetylenes is 1. The maximum Gasteiger partial charge on any atom is 0.136 e. The zero-order valence-corrected chi connectivity index (χ0v) is 9.11. The molecule has 3 aliphatic carbocycles. The molecular formula is C14H18O. The van der Waals surface area contributed by atoms with Gasteiger partial charge in [0.2, 0.25) is 0 Å². The van der Waals surface area contributed by atoms with Crippen molar-refractivity contribution >= 4 is 5.78 Å². The monoisotopic (exact) mass is 202 g/mol. The SMILES string of the molecule is C#CCCCC(=O)C1C2C3CCC(C3)C12. The van der Waals surface area contributed by atoms with Gasteiger partial charge >= 0.3 is 0 Å². The Morgan fingerprint density at radius 1 is 1.27 bits per heavy atom. The van der Waals surface area contributed by atoms with Gasteiger partial charge < -0.3 is 0 Å². The highest BCUT2D eigenvalue weighted by atomic mass is 16.1. The lowest BCUT2D eigenvalue weighted by Crippen LogP contribution is -2.09. The van der Waals surface area contributed by atoms with E-state index in [0.717, 1.165) is 42.9 Å². The van der Waals surface area contributed by atoms with Crippen molar-refractivity contribution < 1.29 is 4.79 Å². The molecule has 4 atom stereocenters. The molecule has 0 aromatic carbocycles. The minimum Gasteiger partial charge on any atom is -0.299 e. The van der Waals surface area contributed by atoms with Crippen molar-refractivity contribution in [3.05, 3.63) is 0 Å². The average molecular weight is 202 g/mol. The number of Topliss-reactive ketones (excluding diaryl/α,β-unsaturated/α-hetero) is 1. The first-order valence-electron chi connectivity index (χ1n) is 6.29. The van der Waals surface area contributed by atoms with E-state index >= 15 is 0 Å².